The van der Waals surface area contributed by atoms with Crippen LogP contribution in [0, 0.1) is 19.8 Å². The number of anilines is 1. The Morgan fingerprint density at radius 1 is 0.980 bits per heavy atom. The topological polar surface area (TPSA) is 82.1 Å². The lowest BCUT2D eigenvalue weighted by Crippen LogP contribution is -2.49. The second-order valence-corrected chi connectivity index (χ2v) is 13.5. The average Bonchev–Trinajstić information content (AvgIpc) is 3.06. The van der Waals surface area contributed by atoms with Gasteiger partial charge >= 0.3 is 6.18 Å². The lowest BCUT2D eigenvalue weighted by atomic mass is 9.98. The maximum absolute atomic E-state index is 13.8. The van der Waals surface area contributed by atoms with Crippen LogP contribution >= 0.6 is 0 Å². The largest absolute Gasteiger partial charge is 0.486 e. The quantitative estimate of drug-likeness (QED) is 0.180. The number of ether oxygens (including phenoxy) is 1. The molecule has 0 saturated carbocycles. The molecule has 1 aliphatic heterocycles. The fraction of sp³-hybridized carbons (Fsp3) is 0.350. The number of rotatable bonds is 10. The molecule has 50 heavy (non-hydrogen) atoms. The molecule has 1 aliphatic rings. The highest BCUT2D eigenvalue weighted by Gasteiger charge is 2.35. The Hall–Kier alpha value is -4.67. The highest BCUT2D eigenvalue weighted by molar-refractivity contribution is 6.02. The summed E-state index contributed by atoms with van der Waals surface area (Å²) in [5.41, 5.74) is 6.03. The number of fused-ring (bicyclic) bond motifs is 1. The van der Waals surface area contributed by atoms with Gasteiger partial charge in [-0.2, -0.15) is 13.2 Å². The number of amides is 2. The van der Waals surface area contributed by atoms with Crippen LogP contribution in [0.1, 0.15) is 52.0 Å². The molecule has 5 rings (SSSR count). The number of alkyl halides is 3. The molecule has 7 nitrogen and oxygen atoms in total. The first-order valence-electron chi connectivity index (χ1n) is 16.8. The Morgan fingerprint density at radius 3 is 2.24 bits per heavy atom. The number of benzene rings is 4. The van der Waals surface area contributed by atoms with E-state index in [1.807, 2.05) is 14.0 Å². The summed E-state index contributed by atoms with van der Waals surface area (Å²) in [4.78, 5) is 30.8. The van der Waals surface area contributed by atoms with Gasteiger partial charge in [0.1, 0.15) is 6.10 Å². The number of nitrogens with zero attached hydrogens (tertiary/aromatic N) is 2. The van der Waals surface area contributed by atoms with Crippen molar-refractivity contribution < 1.29 is 32.6 Å². The standard InChI is InChI=1S/C40H44F3N3O4/c1-25-17-26(2)19-32(18-25)31-13-9-30(10-14-31)22-45(5)23-36-27(3)21-46(28(4)24-47)39(49)34-7-6-8-35(38(34)50-36)44-37(48)20-29-11-15-33(16-12-29)40(41,42)43/h6-19,27-28,36,47H,20-24H2,1-5H3,(H,44,48)/t27-,28+,36-/m1/s1. The van der Waals surface area contributed by atoms with Gasteiger partial charge < -0.3 is 20.1 Å². The third-order valence-corrected chi connectivity index (χ3v) is 9.06. The number of halogens is 3. The molecule has 2 amide bonds. The molecule has 2 N–H and O–H groups in total. The van der Waals surface area contributed by atoms with E-state index in [1.54, 1.807) is 30.0 Å². The van der Waals surface area contributed by atoms with E-state index in [4.69, 9.17) is 4.74 Å². The van der Waals surface area contributed by atoms with E-state index < -0.39 is 29.8 Å². The van der Waals surface area contributed by atoms with Crippen molar-refractivity contribution in [2.75, 3.05) is 32.1 Å². The molecule has 0 aromatic heterocycles. The van der Waals surface area contributed by atoms with E-state index in [-0.39, 0.29) is 41.9 Å². The van der Waals surface area contributed by atoms with Crippen LogP contribution in [0.4, 0.5) is 18.9 Å². The van der Waals surface area contributed by atoms with Crippen molar-refractivity contribution in [1.29, 1.82) is 0 Å². The van der Waals surface area contributed by atoms with Gasteiger partial charge in [0.25, 0.3) is 5.91 Å². The Kier molecular flexibility index (Phi) is 11.3. The normalized spacial score (nSPS) is 17.1. The zero-order valence-corrected chi connectivity index (χ0v) is 29.1. The van der Waals surface area contributed by atoms with Crippen LogP contribution in [0.25, 0.3) is 11.1 Å². The summed E-state index contributed by atoms with van der Waals surface area (Å²) in [6, 6.07) is 23.9. The first-order chi connectivity index (χ1) is 23.7. The van der Waals surface area contributed by atoms with E-state index in [1.165, 1.54) is 28.8 Å². The van der Waals surface area contributed by atoms with Crippen molar-refractivity contribution in [2.24, 2.45) is 5.92 Å². The minimum Gasteiger partial charge on any atom is -0.486 e. The number of para-hydroxylation sites is 1. The number of nitrogens with one attached hydrogen (secondary N) is 1. The summed E-state index contributed by atoms with van der Waals surface area (Å²) in [6.07, 6.45) is -5.05. The molecular weight excluding hydrogens is 643 g/mol. The van der Waals surface area contributed by atoms with Crippen LogP contribution in [0.2, 0.25) is 0 Å². The van der Waals surface area contributed by atoms with Gasteiger partial charge in [0.05, 0.1) is 35.9 Å². The van der Waals surface area contributed by atoms with Crippen LogP contribution in [0.3, 0.4) is 0 Å². The van der Waals surface area contributed by atoms with Crippen LogP contribution < -0.4 is 10.1 Å². The molecule has 0 unspecified atom stereocenters. The van der Waals surface area contributed by atoms with E-state index in [2.05, 4.69) is 66.5 Å². The Morgan fingerprint density at radius 2 is 1.62 bits per heavy atom. The second-order valence-electron chi connectivity index (χ2n) is 13.5. The summed E-state index contributed by atoms with van der Waals surface area (Å²) in [5.74, 6) is -0.728. The summed E-state index contributed by atoms with van der Waals surface area (Å²) in [7, 11) is 2.00. The van der Waals surface area contributed by atoms with Gasteiger partial charge in [-0.25, -0.2) is 0 Å². The first-order valence-corrected chi connectivity index (χ1v) is 16.8. The Bertz CT molecular complexity index is 1790. The fourth-order valence-electron chi connectivity index (χ4n) is 6.38. The van der Waals surface area contributed by atoms with Crippen molar-refractivity contribution in [3.63, 3.8) is 0 Å². The van der Waals surface area contributed by atoms with Crippen molar-refractivity contribution in [3.05, 3.63) is 118 Å². The van der Waals surface area contributed by atoms with Crippen LogP contribution in [-0.4, -0.2) is 65.6 Å². The molecule has 0 fully saturated rings. The number of aliphatic hydroxyl groups is 1. The molecule has 0 saturated heterocycles. The third kappa shape index (κ3) is 8.91. The van der Waals surface area contributed by atoms with Crippen LogP contribution in [0.15, 0.2) is 84.9 Å². The third-order valence-electron chi connectivity index (χ3n) is 9.06. The predicted octanol–water partition coefficient (Wildman–Crippen LogP) is 7.52. The first kappa shape index (κ1) is 36.6. The van der Waals surface area contributed by atoms with Gasteiger partial charge in [-0.1, -0.05) is 78.7 Å². The molecule has 0 aliphatic carbocycles. The summed E-state index contributed by atoms with van der Waals surface area (Å²) < 4.78 is 45.7. The summed E-state index contributed by atoms with van der Waals surface area (Å²) in [6.45, 7) is 9.25. The minimum atomic E-state index is -4.47. The lowest BCUT2D eigenvalue weighted by Gasteiger charge is -2.38. The monoisotopic (exact) mass is 687 g/mol. The number of hydrogen-bond donors (Lipinski definition) is 2. The maximum atomic E-state index is 13.8. The zero-order valence-electron chi connectivity index (χ0n) is 29.1. The average molecular weight is 688 g/mol. The number of aryl methyl sites for hydroxylation is 2. The minimum absolute atomic E-state index is 0.147. The number of likely N-dealkylation sites (N-methyl/N-ethyl adjacent to an activating group) is 1. The zero-order chi connectivity index (χ0) is 36.2. The van der Waals surface area contributed by atoms with E-state index >= 15 is 0 Å². The molecule has 10 heteroatoms. The highest BCUT2D eigenvalue weighted by atomic mass is 19.4. The highest BCUT2D eigenvalue weighted by Crippen LogP contribution is 2.35. The SMILES string of the molecule is Cc1cc(C)cc(-c2ccc(CN(C)C[C@H]3Oc4c(NC(=O)Cc5ccc(C(F)(F)F)cc5)cccc4C(=O)N([C@@H](C)CO)C[C@H]3C)cc2)c1. The van der Waals surface area contributed by atoms with Gasteiger partial charge in [0, 0.05) is 25.6 Å². The lowest BCUT2D eigenvalue weighted by molar-refractivity contribution is -0.137. The molecule has 1 heterocycles. The Balaban J connectivity index is 1.36. The molecule has 3 atom stereocenters. The smallest absolute Gasteiger partial charge is 0.416 e. The van der Waals surface area contributed by atoms with Crippen LogP contribution in [-0.2, 0) is 23.9 Å². The van der Waals surface area contributed by atoms with E-state index in [9.17, 15) is 27.9 Å². The Labute approximate surface area is 291 Å². The molecule has 4 aromatic carbocycles. The fourth-order valence-corrected chi connectivity index (χ4v) is 6.38. The number of carbonyl (C=O) groups is 2. The van der Waals surface area contributed by atoms with Gasteiger partial charge in [-0.05, 0) is 74.3 Å². The van der Waals surface area contributed by atoms with Crippen molar-refractivity contribution in [1.82, 2.24) is 9.80 Å². The number of aliphatic hydroxyl groups excluding tert-OH is 1. The molecule has 4 aromatic rings. The molecule has 0 radical (unpaired) electrons. The number of hydrogen-bond acceptors (Lipinski definition) is 5. The van der Waals surface area contributed by atoms with Gasteiger partial charge in [-0.3, -0.25) is 14.5 Å². The summed E-state index contributed by atoms with van der Waals surface area (Å²) >= 11 is 0. The van der Waals surface area contributed by atoms with Crippen molar-refractivity contribution >= 4 is 17.5 Å². The van der Waals surface area contributed by atoms with Gasteiger partial charge in [0.15, 0.2) is 5.75 Å². The molecule has 264 valence electrons. The summed E-state index contributed by atoms with van der Waals surface area (Å²) in [5, 5.41) is 12.8. The molecule has 0 spiro atoms. The van der Waals surface area contributed by atoms with Crippen molar-refractivity contribution in [2.45, 2.75) is 59.0 Å². The van der Waals surface area contributed by atoms with E-state index in [0.29, 0.717) is 25.2 Å². The molecular formula is C40H44F3N3O4. The second kappa shape index (κ2) is 15.5. The van der Waals surface area contributed by atoms with Gasteiger partial charge in [-0.15, -0.1) is 0 Å². The van der Waals surface area contributed by atoms with Crippen molar-refractivity contribution in [3.8, 4) is 16.9 Å². The molecule has 0 bridgehead atoms. The van der Waals surface area contributed by atoms with Gasteiger partial charge in [0.2, 0.25) is 5.91 Å². The maximum Gasteiger partial charge on any atom is 0.416 e. The predicted molar refractivity (Wildman–Crippen MR) is 189 cm³/mol. The number of carbonyl (C=O) groups excluding carboxylic acids is 2. The van der Waals surface area contributed by atoms with E-state index in [0.717, 1.165) is 23.3 Å². The van der Waals surface area contributed by atoms with Crippen LogP contribution in [0.5, 0.6) is 5.75 Å².